The van der Waals surface area contributed by atoms with Crippen molar-refractivity contribution in [3.05, 3.63) is 11.8 Å². The van der Waals surface area contributed by atoms with Crippen molar-refractivity contribution >= 4 is 0 Å². The van der Waals surface area contributed by atoms with E-state index in [0.717, 1.165) is 4.68 Å². The average Bonchev–Trinajstić information content (AvgIpc) is 2.16. The predicted molar refractivity (Wildman–Crippen MR) is 34.6 cm³/mol. The molecule has 0 saturated carbocycles. The number of nitrogens with zero attached hydrogens (tertiary/aromatic N) is 2. The van der Waals surface area contributed by atoms with Crippen LogP contribution in [0.25, 0.3) is 0 Å². The topological polar surface area (TPSA) is 27.1 Å². The van der Waals surface area contributed by atoms with E-state index in [0.29, 0.717) is 5.56 Å². The maximum atomic E-state index is 11.7. The Morgan fingerprint density at radius 1 is 1.50 bits per heavy atom. The number of ether oxygens (including phenoxy) is 1. The molecule has 6 heteroatoms. The van der Waals surface area contributed by atoms with Crippen LogP contribution >= 0.6 is 0 Å². The molecule has 1 aromatic rings. The molecule has 0 atom stereocenters. The monoisotopic (exact) mass is 180 g/mol. The van der Waals surface area contributed by atoms with Gasteiger partial charge in [0.25, 0.3) is 0 Å². The first-order valence-corrected chi connectivity index (χ1v) is 3.14. The van der Waals surface area contributed by atoms with Crippen molar-refractivity contribution in [3.63, 3.8) is 0 Å². The average molecular weight is 180 g/mol. The van der Waals surface area contributed by atoms with E-state index in [4.69, 9.17) is 0 Å². The Bertz CT molecular complexity index is 259. The summed E-state index contributed by atoms with van der Waals surface area (Å²) in [7, 11) is 1.38. The first-order chi connectivity index (χ1) is 5.40. The number of hydrogen-bond donors (Lipinski definition) is 0. The van der Waals surface area contributed by atoms with Crippen LogP contribution in [0.15, 0.2) is 6.20 Å². The lowest BCUT2D eigenvalue weighted by Crippen LogP contribution is -2.19. The summed E-state index contributed by atoms with van der Waals surface area (Å²) in [6, 6.07) is 0. The molecule has 0 unspecified atom stereocenters. The van der Waals surface area contributed by atoms with Gasteiger partial charge < -0.3 is 4.74 Å². The van der Waals surface area contributed by atoms with E-state index < -0.39 is 6.36 Å². The maximum absolute atomic E-state index is 11.7. The highest BCUT2D eigenvalue weighted by Gasteiger charge is 2.33. The first-order valence-electron chi connectivity index (χ1n) is 3.14. The van der Waals surface area contributed by atoms with Crippen LogP contribution in [-0.4, -0.2) is 16.1 Å². The van der Waals surface area contributed by atoms with Gasteiger partial charge in [-0.3, -0.25) is 0 Å². The molecular formula is C6H7F3N2O. The molecule has 0 amide bonds. The summed E-state index contributed by atoms with van der Waals surface area (Å²) in [6.45, 7) is 1.49. The molecule has 0 N–H and O–H groups in total. The largest absolute Gasteiger partial charge is 0.574 e. The van der Waals surface area contributed by atoms with E-state index in [2.05, 4.69) is 9.84 Å². The number of alkyl halides is 3. The van der Waals surface area contributed by atoms with Crippen molar-refractivity contribution in [2.75, 3.05) is 0 Å². The Labute approximate surface area is 66.7 Å². The van der Waals surface area contributed by atoms with Gasteiger partial charge in [-0.25, -0.2) is 4.68 Å². The second kappa shape index (κ2) is 2.69. The Hall–Kier alpha value is -1.20. The molecule has 0 aromatic carbocycles. The lowest BCUT2D eigenvalue weighted by Gasteiger charge is -2.08. The Morgan fingerprint density at radius 2 is 2.08 bits per heavy atom. The minimum absolute atomic E-state index is 0.275. The fraction of sp³-hybridized carbons (Fsp3) is 0.500. The molecule has 1 rings (SSSR count). The summed E-state index contributed by atoms with van der Waals surface area (Å²) in [5, 5.41) is 3.59. The second-order valence-electron chi connectivity index (χ2n) is 2.30. The summed E-state index contributed by atoms with van der Waals surface area (Å²) in [6.07, 6.45) is -3.35. The number of halogens is 3. The van der Waals surface area contributed by atoms with E-state index in [9.17, 15) is 13.2 Å². The van der Waals surface area contributed by atoms with Crippen LogP contribution < -0.4 is 4.74 Å². The third-order valence-corrected chi connectivity index (χ3v) is 1.27. The van der Waals surface area contributed by atoms with Gasteiger partial charge in [0.15, 0.2) is 0 Å². The van der Waals surface area contributed by atoms with Crippen LogP contribution in [0.1, 0.15) is 5.56 Å². The lowest BCUT2D eigenvalue weighted by molar-refractivity contribution is -0.277. The minimum atomic E-state index is -4.65. The van der Waals surface area contributed by atoms with Gasteiger partial charge in [-0.05, 0) is 6.92 Å². The van der Waals surface area contributed by atoms with Crippen molar-refractivity contribution in [1.82, 2.24) is 9.78 Å². The van der Waals surface area contributed by atoms with Crippen LogP contribution in [-0.2, 0) is 7.05 Å². The van der Waals surface area contributed by atoms with E-state index in [1.54, 1.807) is 0 Å². The summed E-state index contributed by atoms with van der Waals surface area (Å²) in [5.41, 5.74) is 0.356. The molecule has 68 valence electrons. The van der Waals surface area contributed by atoms with Crippen molar-refractivity contribution in [2.24, 2.45) is 7.05 Å². The summed E-state index contributed by atoms with van der Waals surface area (Å²) in [4.78, 5) is 0. The predicted octanol–water partition coefficient (Wildman–Crippen LogP) is 1.63. The van der Waals surface area contributed by atoms with Gasteiger partial charge in [-0.15, -0.1) is 13.2 Å². The molecule has 0 radical (unpaired) electrons. The van der Waals surface area contributed by atoms with Gasteiger partial charge in [0.1, 0.15) is 0 Å². The van der Waals surface area contributed by atoms with Gasteiger partial charge in [0.05, 0.1) is 6.20 Å². The second-order valence-corrected chi connectivity index (χ2v) is 2.30. The Morgan fingerprint density at radius 3 is 2.42 bits per heavy atom. The van der Waals surface area contributed by atoms with Crippen LogP contribution in [0.3, 0.4) is 0 Å². The zero-order chi connectivity index (χ0) is 9.35. The van der Waals surface area contributed by atoms with Gasteiger partial charge in [-0.1, -0.05) is 0 Å². The van der Waals surface area contributed by atoms with Gasteiger partial charge >= 0.3 is 6.36 Å². The smallest absolute Gasteiger partial charge is 0.388 e. The molecular weight excluding hydrogens is 173 g/mol. The van der Waals surface area contributed by atoms with Gasteiger partial charge in [0, 0.05) is 12.6 Å². The molecule has 3 nitrogen and oxygen atoms in total. The SMILES string of the molecule is Cc1cnn(C)c1OC(F)(F)F. The van der Waals surface area contributed by atoms with Crippen molar-refractivity contribution in [3.8, 4) is 5.88 Å². The number of aryl methyl sites for hydroxylation is 2. The Kier molecular flexibility index (Phi) is 1.99. The van der Waals surface area contributed by atoms with E-state index in [1.165, 1.54) is 20.2 Å². The molecule has 0 bridgehead atoms. The van der Waals surface area contributed by atoms with E-state index in [-0.39, 0.29) is 5.88 Å². The molecule has 1 aromatic heterocycles. The Balaban J connectivity index is 2.88. The fourth-order valence-corrected chi connectivity index (χ4v) is 0.792. The quantitative estimate of drug-likeness (QED) is 0.656. The fourth-order valence-electron chi connectivity index (χ4n) is 0.792. The third-order valence-electron chi connectivity index (χ3n) is 1.27. The zero-order valence-corrected chi connectivity index (χ0v) is 6.51. The van der Waals surface area contributed by atoms with Crippen LogP contribution in [0.2, 0.25) is 0 Å². The highest BCUT2D eigenvalue weighted by atomic mass is 19.4. The lowest BCUT2D eigenvalue weighted by atomic mass is 10.4. The molecule has 0 aliphatic carbocycles. The first kappa shape index (κ1) is 8.89. The molecule has 0 saturated heterocycles. The maximum Gasteiger partial charge on any atom is 0.574 e. The van der Waals surface area contributed by atoms with E-state index >= 15 is 0 Å². The molecule has 0 spiro atoms. The minimum Gasteiger partial charge on any atom is -0.388 e. The highest BCUT2D eigenvalue weighted by Crippen LogP contribution is 2.24. The van der Waals surface area contributed by atoms with Crippen LogP contribution in [0.4, 0.5) is 13.2 Å². The summed E-state index contributed by atoms with van der Waals surface area (Å²) in [5.74, 6) is -0.275. The third kappa shape index (κ3) is 1.90. The number of aromatic nitrogens is 2. The summed E-state index contributed by atoms with van der Waals surface area (Å²) >= 11 is 0. The van der Waals surface area contributed by atoms with E-state index in [1.807, 2.05) is 0 Å². The van der Waals surface area contributed by atoms with Crippen LogP contribution in [0.5, 0.6) is 5.88 Å². The molecule has 1 heterocycles. The summed E-state index contributed by atoms with van der Waals surface area (Å²) < 4.78 is 39.9. The normalized spacial score (nSPS) is 11.8. The van der Waals surface area contributed by atoms with Gasteiger partial charge in [-0.2, -0.15) is 5.10 Å². The molecule has 0 aliphatic rings. The molecule has 0 fully saturated rings. The highest BCUT2D eigenvalue weighted by molar-refractivity contribution is 5.21. The number of hydrogen-bond acceptors (Lipinski definition) is 2. The zero-order valence-electron chi connectivity index (χ0n) is 6.51. The van der Waals surface area contributed by atoms with Crippen LogP contribution in [0, 0.1) is 6.92 Å². The van der Waals surface area contributed by atoms with Crippen molar-refractivity contribution < 1.29 is 17.9 Å². The molecule has 12 heavy (non-hydrogen) atoms. The number of rotatable bonds is 1. The van der Waals surface area contributed by atoms with Crippen molar-refractivity contribution in [2.45, 2.75) is 13.3 Å². The van der Waals surface area contributed by atoms with Crippen molar-refractivity contribution in [1.29, 1.82) is 0 Å². The van der Waals surface area contributed by atoms with Gasteiger partial charge in [0.2, 0.25) is 5.88 Å². The standard InChI is InChI=1S/C6H7F3N2O/c1-4-3-10-11(2)5(4)12-6(7,8)9/h3H,1-2H3. The molecule has 0 aliphatic heterocycles.